The molecule has 0 spiro atoms. The first kappa shape index (κ1) is 12.7. The van der Waals surface area contributed by atoms with Gasteiger partial charge in [-0.05, 0) is 25.2 Å². The third-order valence-electron chi connectivity index (χ3n) is 3.76. The molecule has 0 N–H and O–H groups in total. The lowest BCUT2D eigenvalue weighted by Crippen LogP contribution is -2.35. The second-order valence-electron chi connectivity index (χ2n) is 4.76. The maximum Gasteiger partial charge on any atom is 0.0794 e. The van der Waals surface area contributed by atoms with Gasteiger partial charge in [0.25, 0.3) is 0 Å². The summed E-state index contributed by atoms with van der Waals surface area (Å²) in [5.41, 5.74) is 1.98. The zero-order chi connectivity index (χ0) is 11.4. The molecule has 0 radical (unpaired) electrons. The molecule has 0 saturated heterocycles. The van der Waals surface area contributed by atoms with Gasteiger partial charge >= 0.3 is 0 Å². The standard InChI is InChI=1S/C12H17Cl2NS/c13-7-12(8-14,10-3-1-2-4-10)5-11-6-15-9-16-11/h6,9-10H,1-5,7-8H2. The number of alkyl halides is 2. The van der Waals surface area contributed by atoms with Crippen molar-refractivity contribution in [2.45, 2.75) is 32.1 Å². The summed E-state index contributed by atoms with van der Waals surface area (Å²) in [4.78, 5) is 5.45. The predicted molar refractivity (Wildman–Crippen MR) is 71.6 cm³/mol. The quantitative estimate of drug-likeness (QED) is 0.730. The molecular weight excluding hydrogens is 261 g/mol. The normalized spacial score (nSPS) is 18.1. The summed E-state index contributed by atoms with van der Waals surface area (Å²) in [6.45, 7) is 0. The molecule has 1 aromatic rings. The molecule has 16 heavy (non-hydrogen) atoms. The van der Waals surface area contributed by atoms with Crippen LogP contribution in [0.2, 0.25) is 0 Å². The largest absolute Gasteiger partial charge is 0.253 e. The molecule has 1 fully saturated rings. The summed E-state index contributed by atoms with van der Waals surface area (Å²) in [5, 5.41) is 0. The Labute approximate surface area is 111 Å². The third-order valence-corrected chi connectivity index (χ3v) is 5.61. The number of rotatable bonds is 5. The molecule has 1 aliphatic carbocycles. The highest BCUT2D eigenvalue weighted by molar-refractivity contribution is 7.09. The maximum atomic E-state index is 6.22. The summed E-state index contributed by atoms with van der Waals surface area (Å²) in [5.74, 6) is 2.03. The smallest absolute Gasteiger partial charge is 0.0794 e. The van der Waals surface area contributed by atoms with Crippen LogP contribution in [0.3, 0.4) is 0 Å². The van der Waals surface area contributed by atoms with Crippen molar-refractivity contribution in [3.05, 3.63) is 16.6 Å². The van der Waals surface area contributed by atoms with Crippen molar-refractivity contribution >= 4 is 34.5 Å². The summed E-state index contributed by atoms with van der Waals surface area (Å²) >= 11 is 14.2. The molecule has 1 saturated carbocycles. The molecule has 0 unspecified atom stereocenters. The predicted octanol–water partition coefficient (Wildman–Crippen LogP) is 4.34. The Morgan fingerprint density at radius 3 is 2.50 bits per heavy atom. The van der Waals surface area contributed by atoms with Crippen LogP contribution < -0.4 is 0 Å². The van der Waals surface area contributed by atoms with Gasteiger partial charge in [0, 0.05) is 28.2 Å². The SMILES string of the molecule is ClCC(CCl)(Cc1cncs1)C1CCCC1. The lowest BCUT2D eigenvalue weighted by molar-refractivity contribution is 0.226. The topological polar surface area (TPSA) is 12.9 Å². The first-order valence-corrected chi connectivity index (χ1v) is 7.75. The Hall–Kier alpha value is 0.210. The van der Waals surface area contributed by atoms with Crippen LogP contribution in [-0.2, 0) is 6.42 Å². The Balaban J connectivity index is 2.13. The van der Waals surface area contributed by atoms with Crippen molar-refractivity contribution in [1.29, 1.82) is 0 Å². The monoisotopic (exact) mass is 277 g/mol. The van der Waals surface area contributed by atoms with Gasteiger partial charge in [-0.25, -0.2) is 0 Å². The van der Waals surface area contributed by atoms with E-state index < -0.39 is 0 Å². The Morgan fingerprint density at radius 2 is 2.00 bits per heavy atom. The summed E-state index contributed by atoms with van der Waals surface area (Å²) in [7, 11) is 0. The molecule has 2 rings (SSSR count). The van der Waals surface area contributed by atoms with Crippen molar-refractivity contribution in [2.24, 2.45) is 11.3 Å². The van der Waals surface area contributed by atoms with Gasteiger partial charge in [-0.1, -0.05) is 12.8 Å². The Kier molecular flexibility index (Phi) is 4.51. The van der Waals surface area contributed by atoms with Gasteiger partial charge in [-0.3, -0.25) is 4.98 Å². The minimum atomic E-state index is 0.0894. The lowest BCUT2D eigenvalue weighted by atomic mass is 9.74. The summed E-state index contributed by atoms with van der Waals surface area (Å²) in [6.07, 6.45) is 8.20. The van der Waals surface area contributed by atoms with Crippen molar-refractivity contribution in [3.8, 4) is 0 Å². The molecule has 0 aliphatic heterocycles. The second kappa shape index (κ2) is 5.70. The molecule has 90 valence electrons. The molecule has 1 aliphatic rings. The maximum absolute atomic E-state index is 6.22. The Morgan fingerprint density at radius 1 is 1.31 bits per heavy atom. The van der Waals surface area contributed by atoms with Gasteiger partial charge in [0.1, 0.15) is 0 Å². The van der Waals surface area contributed by atoms with E-state index in [4.69, 9.17) is 23.2 Å². The van der Waals surface area contributed by atoms with E-state index in [1.54, 1.807) is 11.3 Å². The third kappa shape index (κ3) is 2.55. The van der Waals surface area contributed by atoms with E-state index in [1.165, 1.54) is 30.6 Å². The molecular formula is C12H17Cl2NS. The van der Waals surface area contributed by atoms with Crippen LogP contribution in [0.5, 0.6) is 0 Å². The first-order valence-electron chi connectivity index (χ1n) is 5.80. The van der Waals surface area contributed by atoms with E-state index in [-0.39, 0.29) is 5.41 Å². The van der Waals surface area contributed by atoms with Gasteiger partial charge < -0.3 is 0 Å². The summed E-state index contributed by atoms with van der Waals surface area (Å²) < 4.78 is 0. The van der Waals surface area contributed by atoms with E-state index in [1.807, 2.05) is 11.7 Å². The fourth-order valence-corrected chi connectivity index (χ4v) is 4.37. The highest BCUT2D eigenvalue weighted by Crippen LogP contribution is 2.44. The van der Waals surface area contributed by atoms with E-state index in [0.29, 0.717) is 17.7 Å². The van der Waals surface area contributed by atoms with Crippen molar-refractivity contribution in [3.63, 3.8) is 0 Å². The van der Waals surface area contributed by atoms with Crippen LogP contribution in [0.4, 0.5) is 0 Å². The van der Waals surface area contributed by atoms with E-state index >= 15 is 0 Å². The van der Waals surface area contributed by atoms with Crippen LogP contribution >= 0.6 is 34.5 Å². The van der Waals surface area contributed by atoms with Crippen LogP contribution in [-0.4, -0.2) is 16.7 Å². The van der Waals surface area contributed by atoms with E-state index in [9.17, 15) is 0 Å². The molecule has 0 aromatic carbocycles. The van der Waals surface area contributed by atoms with Gasteiger partial charge in [-0.15, -0.1) is 34.5 Å². The van der Waals surface area contributed by atoms with Crippen LogP contribution in [0.15, 0.2) is 11.7 Å². The first-order chi connectivity index (χ1) is 7.80. The molecule has 1 aromatic heterocycles. The highest BCUT2D eigenvalue weighted by Gasteiger charge is 2.39. The van der Waals surface area contributed by atoms with E-state index in [0.717, 1.165) is 6.42 Å². The van der Waals surface area contributed by atoms with Gasteiger partial charge in [0.05, 0.1) is 5.51 Å². The highest BCUT2D eigenvalue weighted by atomic mass is 35.5. The number of hydrogen-bond acceptors (Lipinski definition) is 2. The fourth-order valence-electron chi connectivity index (χ4n) is 2.71. The zero-order valence-electron chi connectivity index (χ0n) is 9.29. The minimum Gasteiger partial charge on any atom is -0.253 e. The zero-order valence-corrected chi connectivity index (χ0v) is 11.6. The minimum absolute atomic E-state index is 0.0894. The van der Waals surface area contributed by atoms with Crippen LogP contribution in [0.1, 0.15) is 30.6 Å². The fraction of sp³-hybridized carbons (Fsp3) is 0.750. The van der Waals surface area contributed by atoms with Crippen molar-refractivity contribution in [2.75, 3.05) is 11.8 Å². The number of aromatic nitrogens is 1. The molecule has 4 heteroatoms. The van der Waals surface area contributed by atoms with Gasteiger partial charge in [-0.2, -0.15) is 0 Å². The molecule has 0 amide bonds. The molecule has 1 nitrogen and oxygen atoms in total. The van der Waals surface area contributed by atoms with Gasteiger partial charge in [0.15, 0.2) is 0 Å². The molecule has 0 bridgehead atoms. The number of halogens is 2. The van der Waals surface area contributed by atoms with Crippen LogP contribution in [0.25, 0.3) is 0 Å². The van der Waals surface area contributed by atoms with Crippen molar-refractivity contribution in [1.82, 2.24) is 4.98 Å². The van der Waals surface area contributed by atoms with Crippen LogP contribution in [0, 0.1) is 11.3 Å². The van der Waals surface area contributed by atoms with Crippen molar-refractivity contribution < 1.29 is 0 Å². The van der Waals surface area contributed by atoms with E-state index in [2.05, 4.69) is 4.98 Å². The summed E-state index contributed by atoms with van der Waals surface area (Å²) in [6, 6.07) is 0. The Bertz CT molecular complexity index is 303. The van der Waals surface area contributed by atoms with Gasteiger partial charge in [0.2, 0.25) is 0 Å². The molecule has 0 atom stereocenters. The number of thiazole rings is 1. The average molecular weight is 278 g/mol. The lowest BCUT2D eigenvalue weighted by Gasteiger charge is -2.35. The average Bonchev–Trinajstić information content (AvgIpc) is 2.99. The number of nitrogens with zero attached hydrogens (tertiary/aromatic N) is 1. The number of hydrogen-bond donors (Lipinski definition) is 0. The molecule has 1 heterocycles. The second-order valence-corrected chi connectivity index (χ2v) is 6.26.